The number of nitrogens with zero attached hydrogens (tertiary/aromatic N) is 2. The fourth-order valence-corrected chi connectivity index (χ4v) is 3.57. The summed E-state index contributed by atoms with van der Waals surface area (Å²) in [6.07, 6.45) is 1.99. The first-order valence-corrected chi connectivity index (χ1v) is 10.1. The lowest BCUT2D eigenvalue weighted by molar-refractivity contribution is 0.173. The second kappa shape index (κ2) is 10.1. The SMILES string of the molecule is CCOc1ccc(CN(C)C(=O)NC2CCN(Cc3ccccc3)CC2)cc1. The quantitative estimate of drug-likeness (QED) is 0.791. The summed E-state index contributed by atoms with van der Waals surface area (Å²) in [4.78, 5) is 16.7. The number of rotatable bonds is 7. The normalized spacial score (nSPS) is 15.2. The molecule has 0 unspecified atom stereocenters. The fourth-order valence-electron chi connectivity index (χ4n) is 3.57. The molecule has 0 spiro atoms. The van der Waals surface area contributed by atoms with Gasteiger partial charge in [-0.15, -0.1) is 0 Å². The summed E-state index contributed by atoms with van der Waals surface area (Å²) in [5, 5.41) is 3.19. The van der Waals surface area contributed by atoms with Gasteiger partial charge in [0.05, 0.1) is 6.61 Å². The van der Waals surface area contributed by atoms with Crippen molar-refractivity contribution in [3.8, 4) is 5.75 Å². The van der Waals surface area contributed by atoms with Gasteiger partial charge in [0.2, 0.25) is 0 Å². The molecule has 5 nitrogen and oxygen atoms in total. The Bertz CT molecular complexity index is 725. The molecule has 2 aromatic carbocycles. The summed E-state index contributed by atoms with van der Waals surface area (Å²) in [5.74, 6) is 0.862. The molecule has 1 N–H and O–H groups in total. The fraction of sp³-hybridized carbons (Fsp3) is 0.435. The van der Waals surface area contributed by atoms with Crippen molar-refractivity contribution in [2.24, 2.45) is 0 Å². The molecule has 2 aromatic rings. The predicted molar refractivity (Wildman–Crippen MR) is 112 cm³/mol. The van der Waals surface area contributed by atoms with Crippen LogP contribution >= 0.6 is 0 Å². The highest BCUT2D eigenvalue weighted by molar-refractivity contribution is 5.74. The average molecular weight is 382 g/mol. The molecule has 0 saturated carbocycles. The molecular weight excluding hydrogens is 350 g/mol. The summed E-state index contributed by atoms with van der Waals surface area (Å²) in [6.45, 7) is 6.24. The van der Waals surface area contributed by atoms with Crippen LogP contribution in [0.1, 0.15) is 30.9 Å². The van der Waals surface area contributed by atoms with Crippen LogP contribution in [0.3, 0.4) is 0 Å². The van der Waals surface area contributed by atoms with Crippen molar-refractivity contribution in [2.45, 2.75) is 38.9 Å². The van der Waals surface area contributed by atoms with Crippen LogP contribution in [-0.4, -0.2) is 48.6 Å². The average Bonchev–Trinajstić information content (AvgIpc) is 2.72. The van der Waals surface area contributed by atoms with E-state index in [0.717, 1.165) is 43.8 Å². The van der Waals surface area contributed by atoms with Gasteiger partial charge in [0.25, 0.3) is 0 Å². The Kier molecular flexibility index (Phi) is 7.31. The number of benzene rings is 2. The number of nitrogens with one attached hydrogen (secondary N) is 1. The minimum Gasteiger partial charge on any atom is -0.494 e. The topological polar surface area (TPSA) is 44.8 Å². The maximum Gasteiger partial charge on any atom is 0.317 e. The van der Waals surface area contributed by atoms with Gasteiger partial charge in [0.15, 0.2) is 0 Å². The van der Waals surface area contributed by atoms with E-state index in [1.54, 1.807) is 4.90 Å². The van der Waals surface area contributed by atoms with Crippen molar-refractivity contribution < 1.29 is 9.53 Å². The number of urea groups is 1. The molecule has 1 heterocycles. The Balaban J connectivity index is 1.41. The van der Waals surface area contributed by atoms with Gasteiger partial charge in [0, 0.05) is 39.3 Å². The maximum absolute atomic E-state index is 12.5. The monoisotopic (exact) mass is 381 g/mol. The van der Waals surface area contributed by atoms with Crippen LogP contribution in [0.25, 0.3) is 0 Å². The predicted octanol–water partition coefficient (Wildman–Crippen LogP) is 3.89. The molecule has 5 heteroatoms. The van der Waals surface area contributed by atoms with E-state index in [2.05, 4.69) is 40.5 Å². The van der Waals surface area contributed by atoms with E-state index in [1.807, 2.05) is 38.2 Å². The van der Waals surface area contributed by atoms with Crippen LogP contribution in [0.15, 0.2) is 54.6 Å². The molecule has 1 aliphatic rings. The summed E-state index contributed by atoms with van der Waals surface area (Å²) in [5.41, 5.74) is 2.44. The molecule has 2 amide bonds. The third-order valence-corrected chi connectivity index (χ3v) is 5.16. The molecule has 1 aliphatic heterocycles. The Morgan fingerprint density at radius 2 is 1.75 bits per heavy atom. The van der Waals surface area contributed by atoms with Gasteiger partial charge >= 0.3 is 6.03 Å². The van der Waals surface area contributed by atoms with Crippen molar-refractivity contribution in [1.82, 2.24) is 15.1 Å². The first-order valence-electron chi connectivity index (χ1n) is 10.1. The van der Waals surface area contributed by atoms with Crippen molar-refractivity contribution in [3.63, 3.8) is 0 Å². The van der Waals surface area contributed by atoms with Gasteiger partial charge in [-0.2, -0.15) is 0 Å². The lowest BCUT2D eigenvalue weighted by Gasteiger charge is -2.33. The molecule has 3 rings (SSSR count). The van der Waals surface area contributed by atoms with Crippen LogP contribution in [-0.2, 0) is 13.1 Å². The van der Waals surface area contributed by atoms with E-state index < -0.39 is 0 Å². The molecule has 0 bridgehead atoms. The first kappa shape index (κ1) is 20.2. The minimum absolute atomic E-state index is 0.00426. The van der Waals surface area contributed by atoms with E-state index in [4.69, 9.17) is 4.74 Å². The Hall–Kier alpha value is -2.53. The van der Waals surface area contributed by atoms with Crippen molar-refractivity contribution in [3.05, 3.63) is 65.7 Å². The molecule has 0 radical (unpaired) electrons. The van der Waals surface area contributed by atoms with Crippen molar-refractivity contribution in [1.29, 1.82) is 0 Å². The first-order chi connectivity index (χ1) is 13.6. The molecule has 28 heavy (non-hydrogen) atoms. The third-order valence-electron chi connectivity index (χ3n) is 5.16. The number of amides is 2. The smallest absolute Gasteiger partial charge is 0.317 e. The summed E-state index contributed by atoms with van der Waals surface area (Å²) >= 11 is 0. The zero-order valence-corrected chi connectivity index (χ0v) is 16.9. The number of piperidine rings is 1. The summed E-state index contributed by atoms with van der Waals surface area (Å²) < 4.78 is 5.46. The van der Waals surface area contributed by atoms with Crippen LogP contribution < -0.4 is 10.1 Å². The molecule has 1 saturated heterocycles. The molecule has 0 aromatic heterocycles. The second-order valence-electron chi connectivity index (χ2n) is 7.42. The van der Waals surface area contributed by atoms with E-state index in [1.165, 1.54) is 5.56 Å². The zero-order chi connectivity index (χ0) is 19.8. The third kappa shape index (κ3) is 5.99. The Morgan fingerprint density at radius 3 is 2.39 bits per heavy atom. The minimum atomic E-state index is -0.00426. The van der Waals surface area contributed by atoms with Gasteiger partial charge in [-0.1, -0.05) is 42.5 Å². The second-order valence-corrected chi connectivity index (χ2v) is 7.42. The standard InChI is InChI=1S/C23H31N3O2/c1-3-28-22-11-9-20(10-12-22)17-25(2)23(27)24-21-13-15-26(16-14-21)18-19-7-5-4-6-8-19/h4-12,21H,3,13-18H2,1-2H3,(H,24,27). The lowest BCUT2D eigenvalue weighted by Crippen LogP contribution is -2.48. The number of hydrogen-bond donors (Lipinski definition) is 1. The van der Waals surface area contributed by atoms with Gasteiger partial charge < -0.3 is 15.0 Å². The number of carbonyl (C=O) groups excluding carboxylic acids is 1. The number of likely N-dealkylation sites (tertiary alicyclic amines) is 1. The van der Waals surface area contributed by atoms with Gasteiger partial charge in [-0.05, 0) is 43.0 Å². The summed E-state index contributed by atoms with van der Waals surface area (Å²) in [6, 6.07) is 18.7. The maximum atomic E-state index is 12.5. The lowest BCUT2D eigenvalue weighted by atomic mass is 10.0. The molecule has 0 aliphatic carbocycles. The molecule has 150 valence electrons. The zero-order valence-electron chi connectivity index (χ0n) is 16.9. The molecular formula is C23H31N3O2. The van der Waals surface area contributed by atoms with Crippen LogP contribution in [0.2, 0.25) is 0 Å². The molecule has 1 fully saturated rings. The highest BCUT2D eigenvalue weighted by Gasteiger charge is 2.22. The number of carbonyl (C=O) groups is 1. The van der Waals surface area contributed by atoms with E-state index in [-0.39, 0.29) is 12.1 Å². The highest BCUT2D eigenvalue weighted by atomic mass is 16.5. The van der Waals surface area contributed by atoms with E-state index in [9.17, 15) is 4.79 Å². The molecule has 0 atom stereocenters. The Labute approximate surface area is 168 Å². The largest absolute Gasteiger partial charge is 0.494 e. The Morgan fingerprint density at radius 1 is 1.07 bits per heavy atom. The van der Waals surface area contributed by atoms with Crippen molar-refractivity contribution >= 4 is 6.03 Å². The van der Waals surface area contributed by atoms with Gasteiger partial charge in [-0.25, -0.2) is 4.79 Å². The van der Waals surface area contributed by atoms with Crippen LogP contribution in [0, 0.1) is 0 Å². The van der Waals surface area contributed by atoms with Crippen LogP contribution in [0.4, 0.5) is 4.79 Å². The van der Waals surface area contributed by atoms with Crippen LogP contribution in [0.5, 0.6) is 5.75 Å². The van der Waals surface area contributed by atoms with Crippen molar-refractivity contribution in [2.75, 3.05) is 26.7 Å². The summed E-state index contributed by atoms with van der Waals surface area (Å²) in [7, 11) is 1.84. The van der Waals surface area contributed by atoms with E-state index >= 15 is 0 Å². The van der Waals surface area contributed by atoms with E-state index in [0.29, 0.717) is 13.2 Å². The highest BCUT2D eigenvalue weighted by Crippen LogP contribution is 2.15. The number of hydrogen-bond acceptors (Lipinski definition) is 3. The van der Waals surface area contributed by atoms with Gasteiger partial charge in [0.1, 0.15) is 5.75 Å². The number of ether oxygens (including phenoxy) is 1. The van der Waals surface area contributed by atoms with Gasteiger partial charge in [-0.3, -0.25) is 4.90 Å².